The third-order valence-corrected chi connectivity index (χ3v) is 5.03. The zero-order valence-electron chi connectivity index (χ0n) is 15.9. The molecule has 2 heterocycles. The highest BCUT2D eigenvalue weighted by molar-refractivity contribution is 7.04. The molecule has 0 saturated heterocycles. The van der Waals surface area contributed by atoms with Gasteiger partial charge in [0.1, 0.15) is 11.0 Å². The highest BCUT2D eigenvalue weighted by Gasteiger charge is 2.28. The van der Waals surface area contributed by atoms with E-state index in [1.54, 1.807) is 0 Å². The Hall–Kier alpha value is -2.00. The molecule has 0 aliphatic rings. The molecule has 6 N–H and O–H groups in total. The Bertz CT molecular complexity index is 748. The Balaban J connectivity index is 2.19. The highest BCUT2D eigenvalue weighted by Crippen LogP contribution is 2.26. The van der Waals surface area contributed by atoms with Crippen LogP contribution in [-0.4, -0.2) is 38.4 Å². The minimum absolute atomic E-state index is 0.0844. The van der Waals surface area contributed by atoms with E-state index in [4.69, 9.17) is 11.5 Å². The molecule has 2 rings (SSSR count). The van der Waals surface area contributed by atoms with E-state index < -0.39 is 11.6 Å². The number of hydrogen-bond donors (Lipinski definition) is 4. The number of nitrogen functional groups attached to an aromatic ring is 1. The Morgan fingerprint density at radius 3 is 2.77 bits per heavy atom. The van der Waals surface area contributed by atoms with E-state index in [1.165, 1.54) is 11.5 Å². The number of aromatic nitrogens is 3. The van der Waals surface area contributed by atoms with Gasteiger partial charge >= 0.3 is 0 Å². The van der Waals surface area contributed by atoms with Gasteiger partial charge in [-0.2, -0.15) is 9.36 Å². The molecular formula is C17H29N7OS. The average molecular weight is 380 g/mol. The molecule has 2 aromatic rings. The highest BCUT2D eigenvalue weighted by atomic mass is 32.1. The minimum atomic E-state index is -0.523. The maximum atomic E-state index is 12.3. The van der Waals surface area contributed by atoms with Gasteiger partial charge in [0.05, 0.1) is 11.6 Å². The topological polar surface area (TPSA) is 132 Å². The normalized spacial score (nSPS) is 15.0. The monoisotopic (exact) mass is 379 g/mol. The van der Waals surface area contributed by atoms with Crippen molar-refractivity contribution >= 4 is 40.2 Å². The van der Waals surface area contributed by atoms with Gasteiger partial charge in [0.15, 0.2) is 5.82 Å². The lowest BCUT2D eigenvalue weighted by Gasteiger charge is -2.32. The number of hydrogen-bond acceptors (Lipinski definition) is 8. The van der Waals surface area contributed by atoms with Crippen molar-refractivity contribution < 1.29 is 4.79 Å². The fraction of sp³-hybridized carbons (Fsp3) is 0.647. The maximum absolute atomic E-state index is 12.3. The van der Waals surface area contributed by atoms with Crippen LogP contribution in [0.25, 0.3) is 11.0 Å². The summed E-state index contributed by atoms with van der Waals surface area (Å²) in [6, 6.07) is -0.523. The predicted molar refractivity (Wildman–Crippen MR) is 107 cm³/mol. The quantitative estimate of drug-likeness (QED) is 0.524. The van der Waals surface area contributed by atoms with Crippen LogP contribution in [-0.2, 0) is 4.79 Å². The fourth-order valence-electron chi connectivity index (χ4n) is 2.63. The van der Waals surface area contributed by atoms with E-state index in [9.17, 15) is 4.79 Å². The smallest absolute Gasteiger partial charge is 0.237 e. The summed E-state index contributed by atoms with van der Waals surface area (Å²) in [5, 5.41) is 8.25. The van der Waals surface area contributed by atoms with Crippen LogP contribution in [0.3, 0.4) is 0 Å². The molecular weight excluding hydrogens is 350 g/mol. The molecule has 2 atom stereocenters. The van der Waals surface area contributed by atoms with Crippen molar-refractivity contribution in [2.75, 3.05) is 17.6 Å². The minimum Gasteiger partial charge on any atom is -0.368 e. The first-order valence-corrected chi connectivity index (χ1v) is 9.78. The molecule has 144 valence electrons. The van der Waals surface area contributed by atoms with Crippen LogP contribution >= 0.6 is 11.5 Å². The lowest BCUT2D eigenvalue weighted by Crippen LogP contribution is -2.51. The molecule has 0 bridgehead atoms. The third kappa shape index (κ3) is 5.01. The third-order valence-electron chi connectivity index (χ3n) is 4.41. The Kier molecular flexibility index (Phi) is 6.71. The van der Waals surface area contributed by atoms with Crippen LogP contribution in [0.1, 0.15) is 47.0 Å². The largest absolute Gasteiger partial charge is 0.368 e. The molecule has 0 aliphatic heterocycles. The van der Waals surface area contributed by atoms with Crippen LogP contribution in [0, 0.1) is 5.92 Å². The van der Waals surface area contributed by atoms with Crippen LogP contribution in [0.4, 0.5) is 11.8 Å². The number of nitrogens with zero attached hydrogens (tertiary/aromatic N) is 3. The predicted octanol–water partition coefficient (Wildman–Crippen LogP) is 2.13. The van der Waals surface area contributed by atoms with Crippen LogP contribution in [0.15, 0.2) is 5.38 Å². The first-order valence-electron chi connectivity index (χ1n) is 8.95. The van der Waals surface area contributed by atoms with E-state index in [1.807, 2.05) is 19.2 Å². The van der Waals surface area contributed by atoms with Crippen LogP contribution in [0.2, 0.25) is 0 Å². The van der Waals surface area contributed by atoms with Crippen LogP contribution in [0.5, 0.6) is 0 Å². The Morgan fingerprint density at radius 1 is 1.38 bits per heavy atom. The number of carbonyl (C=O) groups excluding carboxylic acids is 1. The van der Waals surface area contributed by atoms with E-state index in [-0.39, 0.29) is 17.8 Å². The number of carbonyl (C=O) groups is 1. The lowest BCUT2D eigenvalue weighted by atomic mass is 9.94. The van der Waals surface area contributed by atoms with Crippen molar-refractivity contribution in [1.29, 1.82) is 0 Å². The molecule has 0 radical (unpaired) electrons. The second-order valence-electron chi connectivity index (χ2n) is 7.26. The molecule has 0 fully saturated rings. The zero-order chi connectivity index (χ0) is 19.3. The van der Waals surface area contributed by atoms with Crippen LogP contribution < -0.4 is 22.1 Å². The molecule has 2 aromatic heterocycles. The molecule has 1 amide bonds. The first kappa shape index (κ1) is 20.3. The zero-order valence-corrected chi connectivity index (χ0v) is 16.7. The molecule has 1 unspecified atom stereocenters. The Labute approximate surface area is 158 Å². The molecule has 26 heavy (non-hydrogen) atoms. The van der Waals surface area contributed by atoms with Gasteiger partial charge in [0, 0.05) is 11.9 Å². The Morgan fingerprint density at radius 2 is 2.12 bits per heavy atom. The summed E-state index contributed by atoms with van der Waals surface area (Å²) >= 11 is 1.31. The van der Waals surface area contributed by atoms with Crippen molar-refractivity contribution in [3.63, 3.8) is 0 Å². The van der Waals surface area contributed by atoms with Crippen molar-refractivity contribution in [3.8, 4) is 0 Å². The van der Waals surface area contributed by atoms with Gasteiger partial charge in [0.25, 0.3) is 0 Å². The number of anilines is 2. The molecule has 0 aromatic carbocycles. The molecule has 9 heteroatoms. The summed E-state index contributed by atoms with van der Waals surface area (Å²) in [6.45, 7) is 8.49. The summed E-state index contributed by atoms with van der Waals surface area (Å²) in [4.78, 5) is 20.8. The van der Waals surface area contributed by atoms with Gasteiger partial charge in [-0.1, -0.05) is 33.6 Å². The lowest BCUT2D eigenvalue weighted by molar-refractivity contribution is -0.123. The summed E-state index contributed by atoms with van der Waals surface area (Å²) < 4.78 is 4.36. The van der Waals surface area contributed by atoms with Gasteiger partial charge in [-0.25, -0.2) is 4.98 Å². The second-order valence-corrected chi connectivity index (χ2v) is 7.88. The summed E-state index contributed by atoms with van der Waals surface area (Å²) in [5.74, 6) is 0.727. The fourth-order valence-corrected chi connectivity index (χ4v) is 3.23. The SMILES string of the molecule is CCCCC(C)(CNC(=O)[C@@H](N)C(C)C)Nc1nc(N)nc2csnc12. The number of nitrogens with two attached hydrogens (primary N) is 2. The van der Waals surface area contributed by atoms with Crippen molar-refractivity contribution in [1.82, 2.24) is 19.7 Å². The van der Waals surface area contributed by atoms with E-state index in [2.05, 4.69) is 38.8 Å². The molecule has 0 spiro atoms. The van der Waals surface area contributed by atoms with Crippen molar-refractivity contribution in [3.05, 3.63) is 5.38 Å². The number of nitrogens with one attached hydrogen (secondary N) is 2. The van der Waals surface area contributed by atoms with Gasteiger partial charge in [0.2, 0.25) is 11.9 Å². The molecule has 0 aliphatic carbocycles. The standard InChI is InChI=1S/C17H29N7OS/c1-5-6-7-17(4,9-20-15(25)12(18)10(2)3)23-14-13-11(8-26-24-13)21-16(19)22-14/h8,10,12H,5-7,9,18H2,1-4H3,(H,20,25)(H3,19,21,22,23)/t12-,17?/m0/s1. The average Bonchev–Trinajstić information content (AvgIpc) is 3.05. The summed E-state index contributed by atoms with van der Waals surface area (Å²) in [6.07, 6.45) is 2.92. The molecule has 8 nitrogen and oxygen atoms in total. The number of unbranched alkanes of at least 4 members (excludes halogenated alkanes) is 1. The second kappa shape index (κ2) is 8.59. The maximum Gasteiger partial charge on any atom is 0.237 e. The molecule has 0 saturated carbocycles. The van der Waals surface area contributed by atoms with Gasteiger partial charge < -0.3 is 22.1 Å². The van der Waals surface area contributed by atoms with Gasteiger partial charge in [-0.05, 0) is 30.8 Å². The number of fused-ring (bicyclic) bond motifs is 1. The number of rotatable bonds is 9. The van der Waals surface area contributed by atoms with E-state index in [0.29, 0.717) is 23.4 Å². The summed E-state index contributed by atoms with van der Waals surface area (Å²) in [7, 11) is 0. The summed E-state index contributed by atoms with van der Waals surface area (Å²) in [5.41, 5.74) is 12.8. The number of amides is 1. The van der Waals surface area contributed by atoms with Gasteiger partial charge in [-0.15, -0.1) is 0 Å². The first-order chi connectivity index (χ1) is 12.3. The van der Waals surface area contributed by atoms with E-state index >= 15 is 0 Å². The van der Waals surface area contributed by atoms with Crippen molar-refractivity contribution in [2.24, 2.45) is 11.7 Å². The van der Waals surface area contributed by atoms with Gasteiger partial charge in [-0.3, -0.25) is 4.79 Å². The van der Waals surface area contributed by atoms with Crippen molar-refractivity contribution in [2.45, 2.75) is 58.5 Å². The van der Waals surface area contributed by atoms with E-state index in [0.717, 1.165) is 19.3 Å².